The van der Waals surface area contributed by atoms with Crippen molar-refractivity contribution in [3.05, 3.63) is 0 Å². The van der Waals surface area contributed by atoms with Crippen LogP contribution in [0.25, 0.3) is 0 Å². The van der Waals surface area contributed by atoms with E-state index >= 15 is 0 Å². The fourth-order valence-corrected chi connectivity index (χ4v) is 5.14. The third-order valence-electron chi connectivity index (χ3n) is 8.83. The molecule has 0 amide bonds. The van der Waals surface area contributed by atoms with Crippen molar-refractivity contribution < 1.29 is 86.0 Å². The first kappa shape index (κ1) is 50.3. The maximum absolute atomic E-state index is 13.4. The van der Waals surface area contributed by atoms with E-state index in [9.17, 15) is 38.7 Å². The van der Waals surface area contributed by atoms with E-state index in [4.69, 9.17) is 47.4 Å². The third-order valence-corrected chi connectivity index (χ3v) is 8.83. The van der Waals surface area contributed by atoms with Crippen LogP contribution < -0.4 is 0 Å². The van der Waals surface area contributed by atoms with Gasteiger partial charge in [-0.2, -0.15) is 0 Å². The number of carbonyl (C=O) groups is 7. The fraction of sp³-hybridized carbons (Fsp3) is 0.825. The van der Waals surface area contributed by atoms with E-state index in [1.54, 1.807) is 55.4 Å². The molecule has 18 nitrogen and oxygen atoms in total. The minimum absolute atomic E-state index is 0.580. The van der Waals surface area contributed by atoms with Crippen molar-refractivity contribution in [2.75, 3.05) is 13.2 Å². The molecule has 0 aromatic carbocycles. The number of hydrogen-bond donors (Lipinski definition) is 1. The summed E-state index contributed by atoms with van der Waals surface area (Å²) in [4.78, 5) is 91.6. The van der Waals surface area contributed by atoms with Crippen LogP contribution in [0.5, 0.6) is 0 Å². The van der Waals surface area contributed by atoms with E-state index < -0.39 is 158 Å². The molecular weight excluding hydrogens is 768 g/mol. The molecule has 4 unspecified atom stereocenters. The van der Waals surface area contributed by atoms with Crippen molar-refractivity contribution >= 4 is 41.8 Å². The van der Waals surface area contributed by atoms with Gasteiger partial charge in [0.15, 0.2) is 43.1 Å². The molecule has 58 heavy (non-hydrogen) atoms. The Labute approximate surface area is 340 Å². The molecular formula is C40H64O18. The molecule has 0 spiro atoms. The van der Waals surface area contributed by atoms with E-state index in [0.717, 1.165) is 0 Å². The van der Waals surface area contributed by atoms with Gasteiger partial charge < -0.3 is 52.5 Å². The van der Waals surface area contributed by atoms with Crippen molar-refractivity contribution in [2.45, 2.75) is 158 Å². The van der Waals surface area contributed by atoms with Crippen LogP contribution in [0.2, 0.25) is 0 Å². The quantitative estimate of drug-likeness (QED) is 0.154. The van der Waals surface area contributed by atoms with Gasteiger partial charge in [-0.05, 0) is 0 Å². The number of ether oxygens (including phenoxy) is 10. The summed E-state index contributed by atoms with van der Waals surface area (Å²) in [7, 11) is 0. The van der Waals surface area contributed by atoms with Crippen molar-refractivity contribution in [1.82, 2.24) is 0 Å². The molecule has 0 radical (unpaired) electrons. The molecule has 0 aromatic heterocycles. The summed E-state index contributed by atoms with van der Waals surface area (Å²) in [5.74, 6) is -10.2. The molecule has 2 aliphatic heterocycles. The highest BCUT2D eigenvalue weighted by atomic mass is 16.8. The van der Waals surface area contributed by atoms with Crippen LogP contribution in [0.15, 0.2) is 0 Å². The standard InChI is InChI=1S/C40H64O18/c1-17(2)32(41)49-15-24-27(28(54-35(44)20(7)8)30(39(48)51-24)56-37(46)22(11)12)58-40-31(57-38(47)23(13)14)29(55-36(45)21(9)10)26(53-34(43)19(5)6)25(52-40)16-50-33(42)18(3)4/h17-31,39-40,48H,15-16H2,1-14H3/t24?,25?,26-,27+,28?,29?,30-,31-,39+,40-/m0/s1. The molecule has 0 aromatic rings. The number of esters is 7. The predicted molar refractivity (Wildman–Crippen MR) is 200 cm³/mol. The highest BCUT2D eigenvalue weighted by Gasteiger charge is 2.58. The van der Waals surface area contributed by atoms with Gasteiger partial charge in [-0.3, -0.25) is 33.6 Å². The van der Waals surface area contributed by atoms with Crippen molar-refractivity contribution in [1.29, 1.82) is 0 Å². The van der Waals surface area contributed by atoms with Gasteiger partial charge in [0.1, 0.15) is 31.5 Å². The van der Waals surface area contributed by atoms with Crippen LogP contribution in [0, 0.1) is 41.4 Å². The summed E-state index contributed by atoms with van der Waals surface area (Å²) in [6, 6.07) is 0. The zero-order valence-electron chi connectivity index (χ0n) is 36.1. The fourth-order valence-electron chi connectivity index (χ4n) is 5.14. The van der Waals surface area contributed by atoms with Crippen molar-refractivity contribution in [2.24, 2.45) is 41.4 Å². The van der Waals surface area contributed by atoms with Gasteiger partial charge in [-0.15, -0.1) is 0 Å². The number of aliphatic hydroxyl groups excluding tert-OH is 1. The molecule has 2 rings (SSSR count). The summed E-state index contributed by atoms with van der Waals surface area (Å²) in [6.45, 7) is 20.6. The van der Waals surface area contributed by atoms with E-state index in [1.807, 2.05) is 0 Å². The van der Waals surface area contributed by atoms with Crippen LogP contribution in [-0.2, 0) is 80.9 Å². The first-order valence-electron chi connectivity index (χ1n) is 19.9. The Hall–Kier alpha value is -3.87. The Balaban J connectivity index is 2.93. The minimum atomic E-state index is -1.94. The number of hydrogen-bond acceptors (Lipinski definition) is 18. The summed E-state index contributed by atoms with van der Waals surface area (Å²) in [6.07, 6.45) is -16.8. The number of rotatable bonds is 18. The average molecular weight is 833 g/mol. The van der Waals surface area contributed by atoms with E-state index in [1.165, 1.54) is 41.5 Å². The van der Waals surface area contributed by atoms with Gasteiger partial charge in [0, 0.05) is 0 Å². The summed E-state index contributed by atoms with van der Waals surface area (Å²) in [5, 5.41) is 11.2. The lowest BCUT2D eigenvalue weighted by atomic mass is 9.95. The highest BCUT2D eigenvalue weighted by Crippen LogP contribution is 2.36. The minimum Gasteiger partial charge on any atom is -0.463 e. The topological polar surface area (TPSA) is 232 Å². The van der Waals surface area contributed by atoms with Crippen LogP contribution in [-0.4, -0.2) is 122 Å². The first-order valence-corrected chi connectivity index (χ1v) is 19.9. The van der Waals surface area contributed by atoms with E-state index in [2.05, 4.69) is 0 Å². The Morgan fingerprint density at radius 3 is 1.05 bits per heavy atom. The molecule has 2 saturated heterocycles. The normalized spacial score (nSPS) is 27.5. The highest BCUT2D eigenvalue weighted by molar-refractivity contribution is 5.75. The third kappa shape index (κ3) is 14.2. The summed E-state index contributed by atoms with van der Waals surface area (Å²) < 4.78 is 58.9. The van der Waals surface area contributed by atoms with Gasteiger partial charge in [0.05, 0.1) is 41.4 Å². The molecule has 18 heteroatoms. The summed E-state index contributed by atoms with van der Waals surface area (Å²) in [5.41, 5.74) is 0. The Kier molecular flexibility index (Phi) is 19.5. The van der Waals surface area contributed by atoms with E-state index in [-0.39, 0.29) is 0 Å². The van der Waals surface area contributed by atoms with Crippen molar-refractivity contribution in [3.63, 3.8) is 0 Å². The largest absolute Gasteiger partial charge is 0.463 e. The Morgan fingerprint density at radius 1 is 0.397 bits per heavy atom. The van der Waals surface area contributed by atoms with Crippen LogP contribution >= 0.6 is 0 Å². The molecule has 1 N–H and O–H groups in total. The second kappa shape index (κ2) is 22.5. The molecule has 0 saturated carbocycles. The second-order valence-corrected chi connectivity index (χ2v) is 16.6. The number of aliphatic hydroxyl groups is 1. The molecule has 332 valence electrons. The van der Waals surface area contributed by atoms with Crippen molar-refractivity contribution in [3.8, 4) is 0 Å². The lowest BCUT2D eigenvalue weighted by Crippen LogP contribution is -2.67. The first-order chi connectivity index (χ1) is 26.9. The maximum atomic E-state index is 13.4. The van der Waals surface area contributed by atoms with E-state index in [0.29, 0.717) is 0 Å². The zero-order chi connectivity index (χ0) is 44.3. The lowest BCUT2D eigenvalue weighted by molar-refractivity contribution is -0.358. The molecule has 2 heterocycles. The SMILES string of the molecule is CC(C)C(=O)OCC1O[C@@H](O)[C@@H](OC(=O)C(C)C)C(OC(=O)C(C)C)[C@@H]1O[C@@H]1OC(COC(=O)C(C)C)[C@H](OC(=O)C(C)C)C(OC(=O)C(C)C)[C@@H]1OC(=O)C(C)C. The second-order valence-electron chi connectivity index (χ2n) is 16.6. The van der Waals surface area contributed by atoms with Gasteiger partial charge >= 0.3 is 41.8 Å². The lowest BCUT2D eigenvalue weighted by Gasteiger charge is -2.48. The molecule has 0 bridgehead atoms. The predicted octanol–water partition coefficient (Wildman–Crippen LogP) is 3.05. The van der Waals surface area contributed by atoms with Crippen LogP contribution in [0.4, 0.5) is 0 Å². The molecule has 2 aliphatic rings. The average Bonchev–Trinajstić information content (AvgIpc) is 3.13. The van der Waals surface area contributed by atoms with Gasteiger partial charge in [0.25, 0.3) is 0 Å². The van der Waals surface area contributed by atoms with Gasteiger partial charge in [-0.1, -0.05) is 96.9 Å². The smallest absolute Gasteiger partial charge is 0.308 e. The van der Waals surface area contributed by atoms with Crippen LogP contribution in [0.3, 0.4) is 0 Å². The summed E-state index contributed by atoms with van der Waals surface area (Å²) >= 11 is 0. The Morgan fingerprint density at radius 2 is 0.690 bits per heavy atom. The molecule has 2 fully saturated rings. The maximum Gasteiger partial charge on any atom is 0.308 e. The van der Waals surface area contributed by atoms with Crippen LogP contribution in [0.1, 0.15) is 96.9 Å². The van der Waals surface area contributed by atoms with Gasteiger partial charge in [0.2, 0.25) is 0 Å². The number of carbonyl (C=O) groups excluding carboxylic acids is 7. The monoisotopic (exact) mass is 832 g/mol. The molecule has 10 atom stereocenters. The molecule has 0 aliphatic carbocycles. The zero-order valence-corrected chi connectivity index (χ0v) is 36.1. The Bertz CT molecular complexity index is 1420. The van der Waals surface area contributed by atoms with Gasteiger partial charge in [-0.25, -0.2) is 0 Å².